The maximum absolute atomic E-state index is 13.2. The highest BCUT2D eigenvalue weighted by Gasteiger charge is 2.20. The SMILES string of the molecule is C=CCN(C)C/C=C/COc1c(F)c(F)[c]c(F)c1F. The molecule has 2 nitrogen and oxygen atoms in total. The summed E-state index contributed by atoms with van der Waals surface area (Å²) in [4.78, 5) is 1.92. The molecule has 1 aromatic rings. The van der Waals surface area contributed by atoms with Crippen molar-refractivity contribution in [2.24, 2.45) is 0 Å². The van der Waals surface area contributed by atoms with Crippen LogP contribution in [0.25, 0.3) is 0 Å². The van der Waals surface area contributed by atoms with Crippen molar-refractivity contribution in [2.45, 2.75) is 0 Å². The summed E-state index contributed by atoms with van der Waals surface area (Å²) in [6.07, 6.45) is 4.91. The van der Waals surface area contributed by atoms with Gasteiger partial charge in [-0.15, -0.1) is 6.58 Å². The van der Waals surface area contributed by atoms with Gasteiger partial charge in [0, 0.05) is 13.1 Å². The van der Waals surface area contributed by atoms with Crippen LogP contribution in [-0.2, 0) is 0 Å². The molecular formula is C14H14F4NO. The van der Waals surface area contributed by atoms with Gasteiger partial charge in [0.2, 0.25) is 11.6 Å². The molecule has 0 aliphatic rings. The van der Waals surface area contributed by atoms with Crippen molar-refractivity contribution in [3.63, 3.8) is 0 Å². The molecule has 0 aliphatic heterocycles. The third-order valence-electron chi connectivity index (χ3n) is 2.35. The first-order valence-corrected chi connectivity index (χ1v) is 5.79. The number of hydrogen-bond donors (Lipinski definition) is 0. The summed E-state index contributed by atoms with van der Waals surface area (Å²) in [6, 6.07) is 1.28. The molecule has 0 amide bonds. The van der Waals surface area contributed by atoms with Crippen LogP contribution < -0.4 is 4.74 Å². The first-order chi connectivity index (χ1) is 9.47. The fourth-order valence-electron chi connectivity index (χ4n) is 1.38. The minimum atomic E-state index is -1.62. The third-order valence-corrected chi connectivity index (χ3v) is 2.35. The van der Waals surface area contributed by atoms with Gasteiger partial charge in [-0.1, -0.05) is 18.2 Å². The van der Waals surface area contributed by atoms with Crippen LogP contribution >= 0.6 is 0 Å². The Bertz CT molecular complexity index is 476. The van der Waals surface area contributed by atoms with Crippen LogP contribution in [0, 0.1) is 29.3 Å². The van der Waals surface area contributed by atoms with Crippen molar-refractivity contribution in [3.05, 3.63) is 54.1 Å². The Kier molecular flexibility index (Phi) is 6.24. The second-order valence-corrected chi connectivity index (χ2v) is 4.00. The van der Waals surface area contributed by atoms with Crippen molar-refractivity contribution < 1.29 is 22.3 Å². The van der Waals surface area contributed by atoms with Crippen molar-refractivity contribution in [1.82, 2.24) is 4.90 Å². The van der Waals surface area contributed by atoms with Crippen molar-refractivity contribution in [2.75, 3.05) is 26.7 Å². The topological polar surface area (TPSA) is 12.5 Å². The zero-order valence-corrected chi connectivity index (χ0v) is 10.9. The van der Waals surface area contributed by atoms with Crippen LogP contribution in [0.4, 0.5) is 17.6 Å². The van der Waals surface area contributed by atoms with Gasteiger partial charge in [0.1, 0.15) is 6.61 Å². The largest absolute Gasteiger partial charge is 0.483 e. The molecule has 0 aromatic heterocycles. The van der Waals surface area contributed by atoms with E-state index in [1.54, 1.807) is 12.2 Å². The van der Waals surface area contributed by atoms with E-state index in [0.717, 1.165) is 0 Å². The molecule has 0 atom stereocenters. The van der Waals surface area contributed by atoms with E-state index in [2.05, 4.69) is 6.58 Å². The Hall–Kier alpha value is -1.82. The fraction of sp³-hybridized carbons (Fsp3) is 0.286. The van der Waals surface area contributed by atoms with Gasteiger partial charge in [-0.05, 0) is 7.05 Å². The lowest BCUT2D eigenvalue weighted by Crippen LogP contribution is -2.17. The smallest absolute Gasteiger partial charge is 0.204 e. The van der Waals surface area contributed by atoms with E-state index < -0.39 is 29.0 Å². The van der Waals surface area contributed by atoms with Crippen molar-refractivity contribution in [1.29, 1.82) is 0 Å². The maximum Gasteiger partial charge on any atom is 0.204 e. The highest BCUT2D eigenvalue weighted by atomic mass is 19.2. The van der Waals surface area contributed by atoms with Crippen LogP contribution in [0.1, 0.15) is 0 Å². The number of benzene rings is 1. The van der Waals surface area contributed by atoms with Gasteiger partial charge >= 0.3 is 0 Å². The molecule has 1 rings (SSSR count). The van der Waals surface area contributed by atoms with E-state index in [-0.39, 0.29) is 6.61 Å². The van der Waals surface area contributed by atoms with Crippen molar-refractivity contribution >= 4 is 0 Å². The van der Waals surface area contributed by atoms with Crippen molar-refractivity contribution in [3.8, 4) is 5.75 Å². The first-order valence-electron chi connectivity index (χ1n) is 5.79. The van der Waals surface area contributed by atoms with Gasteiger partial charge in [-0.3, -0.25) is 4.90 Å². The quantitative estimate of drug-likeness (QED) is 0.434. The third kappa shape index (κ3) is 4.38. The zero-order valence-electron chi connectivity index (χ0n) is 10.9. The summed E-state index contributed by atoms with van der Waals surface area (Å²) in [5.74, 6) is -7.51. The summed E-state index contributed by atoms with van der Waals surface area (Å²) in [5, 5.41) is 0. The summed E-state index contributed by atoms with van der Waals surface area (Å²) >= 11 is 0. The van der Waals surface area contributed by atoms with Gasteiger partial charge in [0.25, 0.3) is 0 Å². The minimum Gasteiger partial charge on any atom is -0.483 e. The van der Waals surface area contributed by atoms with Gasteiger partial charge in [0.05, 0.1) is 6.07 Å². The molecule has 0 fully saturated rings. The number of ether oxygens (including phenoxy) is 1. The Balaban J connectivity index is 2.58. The Morgan fingerprint density at radius 1 is 1.10 bits per heavy atom. The number of nitrogens with zero attached hydrogens (tertiary/aromatic N) is 1. The van der Waals surface area contributed by atoms with E-state index in [0.29, 0.717) is 13.1 Å². The average Bonchev–Trinajstić information content (AvgIpc) is 2.40. The monoisotopic (exact) mass is 288 g/mol. The summed E-state index contributed by atoms with van der Waals surface area (Å²) in [6.45, 7) is 4.62. The van der Waals surface area contributed by atoms with Gasteiger partial charge in [-0.25, -0.2) is 8.78 Å². The molecule has 0 saturated heterocycles. The standard InChI is InChI=1S/C14H14F4NO/c1-3-6-19(2)7-4-5-8-20-14-12(17)10(15)9-11(16)13(14)18/h3-5H,1,6-8H2,2H3/b5-4+. The van der Waals surface area contributed by atoms with Gasteiger partial charge in [0.15, 0.2) is 17.4 Å². The van der Waals surface area contributed by atoms with Crippen LogP contribution in [0.3, 0.4) is 0 Å². The number of hydrogen-bond acceptors (Lipinski definition) is 2. The van der Waals surface area contributed by atoms with Crippen LogP contribution in [0.2, 0.25) is 0 Å². The minimum absolute atomic E-state index is 0.210. The zero-order chi connectivity index (χ0) is 15.1. The Morgan fingerprint density at radius 3 is 2.25 bits per heavy atom. The molecule has 0 aliphatic carbocycles. The highest BCUT2D eigenvalue weighted by molar-refractivity contribution is 5.28. The molecule has 6 heteroatoms. The first kappa shape index (κ1) is 16.2. The van der Waals surface area contributed by atoms with E-state index in [9.17, 15) is 17.6 Å². The molecule has 0 bridgehead atoms. The molecule has 20 heavy (non-hydrogen) atoms. The molecule has 0 heterocycles. The second kappa shape index (κ2) is 7.69. The number of rotatable bonds is 7. The van der Waals surface area contributed by atoms with E-state index in [4.69, 9.17) is 4.74 Å². The summed E-state index contributed by atoms with van der Waals surface area (Å²) < 4.78 is 56.8. The van der Waals surface area contributed by atoms with Gasteiger partial charge in [-0.2, -0.15) is 8.78 Å². The van der Waals surface area contributed by atoms with Gasteiger partial charge < -0.3 is 4.74 Å². The predicted octanol–water partition coefficient (Wildman–Crippen LogP) is 3.10. The fourth-order valence-corrected chi connectivity index (χ4v) is 1.38. The maximum atomic E-state index is 13.2. The lowest BCUT2D eigenvalue weighted by Gasteiger charge is -2.10. The highest BCUT2D eigenvalue weighted by Crippen LogP contribution is 2.25. The lowest BCUT2D eigenvalue weighted by molar-refractivity contribution is 0.300. The summed E-state index contributed by atoms with van der Waals surface area (Å²) in [7, 11) is 1.85. The van der Waals surface area contributed by atoms with Crippen LogP contribution in [-0.4, -0.2) is 31.6 Å². The molecule has 1 radical (unpaired) electrons. The normalized spacial score (nSPS) is 11.3. The molecule has 0 unspecified atom stereocenters. The summed E-state index contributed by atoms with van der Waals surface area (Å²) in [5.41, 5.74) is 0. The number of halogens is 4. The molecule has 0 spiro atoms. The Labute approximate surface area is 115 Å². The predicted molar refractivity (Wildman–Crippen MR) is 67.4 cm³/mol. The molecular weight excluding hydrogens is 274 g/mol. The van der Waals surface area contributed by atoms with Crippen LogP contribution in [0.5, 0.6) is 5.75 Å². The second-order valence-electron chi connectivity index (χ2n) is 4.00. The molecule has 1 aromatic carbocycles. The van der Waals surface area contributed by atoms with E-state index in [1.807, 2.05) is 11.9 Å². The molecule has 0 N–H and O–H groups in total. The average molecular weight is 288 g/mol. The van der Waals surface area contributed by atoms with E-state index in [1.165, 1.54) is 12.1 Å². The van der Waals surface area contributed by atoms with E-state index >= 15 is 0 Å². The number of likely N-dealkylation sites (N-methyl/N-ethyl adjacent to an activating group) is 1. The van der Waals surface area contributed by atoms with Crippen LogP contribution in [0.15, 0.2) is 24.8 Å². The lowest BCUT2D eigenvalue weighted by atomic mass is 10.3. The Morgan fingerprint density at radius 2 is 1.70 bits per heavy atom. The molecule has 109 valence electrons. The molecule has 0 saturated carbocycles.